The molecule has 3 rings (SSSR count). The average Bonchev–Trinajstić information content (AvgIpc) is 2.95. The average molecular weight is 293 g/mol. The maximum Gasteiger partial charge on any atom is 0.243 e. The van der Waals surface area contributed by atoms with Crippen molar-refractivity contribution in [3.8, 4) is 11.1 Å². The fraction of sp³-hybridized carbons (Fsp3) is 0.118. The van der Waals surface area contributed by atoms with Gasteiger partial charge < -0.3 is 10.3 Å². The molecule has 0 saturated carbocycles. The Kier molecular flexibility index (Phi) is 3.70. The van der Waals surface area contributed by atoms with E-state index in [2.05, 4.69) is 10.1 Å². The van der Waals surface area contributed by atoms with Crippen LogP contribution in [0.4, 0.5) is 0 Å². The molecule has 3 aromatic rings. The van der Waals surface area contributed by atoms with Gasteiger partial charge in [0.15, 0.2) is 5.82 Å². The molecule has 0 fully saturated rings. The highest BCUT2D eigenvalue weighted by atomic mass is 16.5. The second-order valence-corrected chi connectivity index (χ2v) is 5.00. The molecule has 1 atom stereocenters. The number of primary amides is 1. The third-order valence-corrected chi connectivity index (χ3v) is 3.43. The molecule has 110 valence electrons. The van der Waals surface area contributed by atoms with E-state index in [1.165, 1.54) is 0 Å². The Hall–Kier alpha value is -2.95. The zero-order valence-corrected chi connectivity index (χ0v) is 12.1. The topological polar surface area (TPSA) is 82.0 Å². The highest BCUT2D eigenvalue weighted by Gasteiger charge is 2.26. The lowest BCUT2D eigenvalue weighted by molar-refractivity contribution is -0.119. The van der Waals surface area contributed by atoms with Crippen molar-refractivity contribution in [2.75, 3.05) is 0 Å². The number of aryl methyl sites for hydroxylation is 1. The smallest absolute Gasteiger partial charge is 0.243 e. The normalized spacial score (nSPS) is 12.0. The molecule has 5 nitrogen and oxygen atoms in total. The van der Waals surface area contributed by atoms with Crippen molar-refractivity contribution in [1.82, 2.24) is 10.1 Å². The van der Waals surface area contributed by atoms with E-state index in [0.29, 0.717) is 5.82 Å². The standard InChI is InChI=1S/C17H15N3O2/c1-11-19-17(22-20-11)15(16(18)21)14-9-7-13(8-10-14)12-5-3-2-4-6-12/h2-10,15H,1H3,(H2,18,21). The zero-order chi connectivity index (χ0) is 15.5. The zero-order valence-electron chi connectivity index (χ0n) is 12.1. The molecule has 1 heterocycles. The van der Waals surface area contributed by atoms with Crippen LogP contribution in [0.5, 0.6) is 0 Å². The summed E-state index contributed by atoms with van der Waals surface area (Å²) in [7, 11) is 0. The molecule has 2 aromatic carbocycles. The minimum absolute atomic E-state index is 0.220. The Bertz CT molecular complexity index is 779. The predicted octanol–water partition coefficient (Wildman–Crippen LogP) is 2.66. The van der Waals surface area contributed by atoms with E-state index in [1.54, 1.807) is 6.92 Å². The fourth-order valence-electron chi connectivity index (χ4n) is 2.36. The minimum atomic E-state index is -0.731. The lowest BCUT2D eigenvalue weighted by Gasteiger charge is -2.10. The number of hydrogen-bond donors (Lipinski definition) is 1. The molecular weight excluding hydrogens is 278 g/mol. The van der Waals surface area contributed by atoms with Crippen molar-refractivity contribution in [3.63, 3.8) is 0 Å². The number of aromatic nitrogens is 2. The van der Waals surface area contributed by atoms with Crippen LogP contribution in [0.3, 0.4) is 0 Å². The quantitative estimate of drug-likeness (QED) is 0.801. The van der Waals surface area contributed by atoms with Gasteiger partial charge in [0, 0.05) is 0 Å². The first kappa shape index (κ1) is 14.0. The number of nitrogens with zero attached hydrogens (tertiary/aromatic N) is 2. The monoisotopic (exact) mass is 293 g/mol. The van der Waals surface area contributed by atoms with Gasteiger partial charge in [-0.3, -0.25) is 4.79 Å². The number of benzene rings is 2. The Morgan fingerprint density at radius 1 is 1.05 bits per heavy atom. The maximum absolute atomic E-state index is 11.8. The van der Waals surface area contributed by atoms with E-state index in [4.69, 9.17) is 10.3 Å². The number of carbonyl (C=O) groups excluding carboxylic acids is 1. The molecule has 1 unspecified atom stereocenters. The van der Waals surface area contributed by atoms with Crippen LogP contribution in [-0.4, -0.2) is 16.0 Å². The first-order valence-corrected chi connectivity index (χ1v) is 6.90. The van der Waals surface area contributed by atoms with Gasteiger partial charge in [-0.15, -0.1) is 0 Å². The number of rotatable bonds is 4. The van der Waals surface area contributed by atoms with Crippen LogP contribution in [0.25, 0.3) is 11.1 Å². The van der Waals surface area contributed by atoms with E-state index in [0.717, 1.165) is 16.7 Å². The van der Waals surface area contributed by atoms with Gasteiger partial charge in [-0.1, -0.05) is 59.8 Å². The summed E-state index contributed by atoms with van der Waals surface area (Å²) < 4.78 is 5.10. The van der Waals surface area contributed by atoms with Gasteiger partial charge in [-0.05, 0) is 23.6 Å². The van der Waals surface area contributed by atoms with Crippen LogP contribution in [0.1, 0.15) is 23.2 Å². The van der Waals surface area contributed by atoms with Crippen molar-refractivity contribution in [1.29, 1.82) is 0 Å². The van der Waals surface area contributed by atoms with Gasteiger partial charge in [0.05, 0.1) is 0 Å². The predicted molar refractivity (Wildman–Crippen MR) is 82.0 cm³/mol. The second-order valence-electron chi connectivity index (χ2n) is 5.00. The van der Waals surface area contributed by atoms with Crippen molar-refractivity contribution in [2.24, 2.45) is 5.73 Å². The molecule has 5 heteroatoms. The SMILES string of the molecule is Cc1noc(C(C(N)=O)c2ccc(-c3ccccc3)cc2)n1. The summed E-state index contributed by atoms with van der Waals surface area (Å²) in [4.78, 5) is 15.9. The molecule has 0 spiro atoms. The number of nitrogens with two attached hydrogens (primary N) is 1. The summed E-state index contributed by atoms with van der Waals surface area (Å²) >= 11 is 0. The molecule has 0 saturated heterocycles. The van der Waals surface area contributed by atoms with Gasteiger partial charge in [0.1, 0.15) is 5.92 Å². The lowest BCUT2D eigenvalue weighted by atomic mass is 9.95. The van der Waals surface area contributed by atoms with E-state index >= 15 is 0 Å². The van der Waals surface area contributed by atoms with Crippen LogP contribution < -0.4 is 5.73 Å². The van der Waals surface area contributed by atoms with E-state index in [1.807, 2.05) is 54.6 Å². The molecule has 0 aliphatic heterocycles. The Morgan fingerprint density at radius 3 is 2.23 bits per heavy atom. The van der Waals surface area contributed by atoms with Crippen molar-refractivity contribution in [3.05, 3.63) is 71.9 Å². The maximum atomic E-state index is 11.8. The van der Waals surface area contributed by atoms with Gasteiger partial charge in [0.25, 0.3) is 0 Å². The molecule has 2 N–H and O–H groups in total. The lowest BCUT2D eigenvalue weighted by Crippen LogP contribution is -2.22. The first-order valence-electron chi connectivity index (χ1n) is 6.90. The summed E-state index contributed by atoms with van der Waals surface area (Å²) in [6.45, 7) is 1.70. The summed E-state index contributed by atoms with van der Waals surface area (Å²) in [6, 6.07) is 17.6. The molecule has 0 aliphatic carbocycles. The largest absolute Gasteiger partial charge is 0.369 e. The summed E-state index contributed by atoms with van der Waals surface area (Å²) in [5, 5.41) is 3.72. The highest BCUT2D eigenvalue weighted by Crippen LogP contribution is 2.26. The molecule has 1 aromatic heterocycles. The summed E-state index contributed by atoms with van der Waals surface area (Å²) in [6.07, 6.45) is 0. The van der Waals surface area contributed by atoms with Crippen LogP contribution >= 0.6 is 0 Å². The van der Waals surface area contributed by atoms with E-state index in [-0.39, 0.29) is 5.89 Å². The molecule has 0 aliphatic rings. The van der Waals surface area contributed by atoms with Crippen molar-refractivity contribution < 1.29 is 9.32 Å². The fourth-order valence-corrected chi connectivity index (χ4v) is 2.36. The van der Waals surface area contributed by atoms with E-state index < -0.39 is 11.8 Å². The summed E-state index contributed by atoms with van der Waals surface area (Å²) in [5.41, 5.74) is 8.40. The molecule has 0 bridgehead atoms. The van der Waals surface area contributed by atoms with Crippen LogP contribution in [0.2, 0.25) is 0 Å². The Balaban J connectivity index is 1.95. The minimum Gasteiger partial charge on any atom is -0.369 e. The molecule has 22 heavy (non-hydrogen) atoms. The van der Waals surface area contributed by atoms with Gasteiger partial charge in [0.2, 0.25) is 11.8 Å². The van der Waals surface area contributed by atoms with Crippen molar-refractivity contribution >= 4 is 5.91 Å². The van der Waals surface area contributed by atoms with E-state index in [9.17, 15) is 4.79 Å². The highest BCUT2D eigenvalue weighted by molar-refractivity contribution is 5.84. The second kappa shape index (κ2) is 5.81. The van der Waals surface area contributed by atoms with Gasteiger partial charge >= 0.3 is 0 Å². The molecular formula is C17H15N3O2. The number of carbonyl (C=O) groups is 1. The van der Waals surface area contributed by atoms with Crippen LogP contribution in [0.15, 0.2) is 59.1 Å². The van der Waals surface area contributed by atoms with Crippen LogP contribution in [-0.2, 0) is 4.79 Å². The van der Waals surface area contributed by atoms with Gasteiger partial charge in [-0.25, -0.2) is 0 Å². The first-order chi connectivity index (χ1) is 10.6. The summed E-state index contributed by atoms with van der Waals surface area (Å²) in [5.74, 6) is -0.554. The van der Waals surface area contributed by atoms with Crippen LogP contribution in [0, 0.1) is 6.92 Å². The molecule has 0 radical (unpaired) electrons. The Morgan fingerprint density at radius 2 is 1.68 bits per heavy atom. The Labute approximate surface area is 127 Å². The number of hydrogen-bond acceptors (Lipinski definition) is 4. The third kappa shape index (κ3) is 2.74. The van der Waals surface area contributed by atoms with Crippen molar-refractivity contribution in [2.45, 2.75) is 12.8 Å². The molecule has 1 amide bonds. The number of amides is 1. The van der Waals surface area contributed by atoms with Gasteiger partial charge in [-0.2, -0.15) is 4.98 Å². The third-order valence-electron chi connectivity index (χ3n) is 3.43.